The zero-order chi connectivity index (χ0) is 21.5. The Morgan fingerprint density at radius 3 is 2.50 bits per heavy atom. The lowest BCUT2D eigenvalue weighted by atomic mass is 9.96. The summed E-state index contributed by atoms with van der Waals surface area (Å²) in [5.74, 6) is -1.80. The highest BCUT2D eigenvalue weighted by Gasteiger charge is 2.26. The Hall–Kier alpha value is -2.94. The topological polar surface area (TPSA) is 91.4 Å². The van der Waals surface area contributed by atoms with E-state index < -0.39 is 17.6 Å². The fourth-order valence-corrected chi connectivity index (χ4v) is 3.81. The molecule has 1 aliphatic rings. The van der Waals surface area contributed by atoms with Crippen molar-refractivity contribution in [3.8, 4) is 0 Å². The van der Waals surface area contributed by atoms with E-state index in [0.29, 0.717) is 35.9 Å². The molecule has 1 saturated heterocycles. The van der Waals surface area contributed by atoms with Crippen LogP contribution in [0.25, 0.3) is 0 Å². The van der Waals surface area contributed by atoms with E-state index >= 15 is 0 Å². The largest absolute Gasteiger partial charge is 0.348 e. The average Bonchev–Trinajstić information content (AvgIpc) is 2.78. The van der Waals surface area contributed by atoms with Crippen LogP contribution in [0.15, 0.2) is 47.6 Å². The van der Waals surface area contributed by atoms with Crippen LogP contribution in [0.5, 0.6) is 0 Å². The van der Waals surface area contributed by atoms with Crippen LogP contribution in [-0.4, -0.2) is 53.5 Å². The van der Waals surface area contributed by atoms with E-state index in [9.17, 15) is 18.8 Å². The number of carbonyl (C=O) groups excluding carboxylic acids is 3. The fraction of sp³-hybridized carbons (Fsp3) is 0.333. The van der Waals surface area contributed by atoms with E-state index in [1.54, 1.807) is 23.2 Å². The molecule has 0 bridgehead atoms. The van der Waals surface area contributed by atoms with Gasteiger partial charge in [0.25, 0.3) is 5.91 Å². The highest BCUT2D eigenvalue weighted by molar-refractivity contribution is 7.98. The quantitative estimate of drug-likeness (QED) is 0.562. The van der Waals surface area contributed by atoms with Crippen molar-refractivity contribution in [2.45, 2.75) is 17.9 Å². The molecular weight excluding hydrogens is 407 g/mol. The van der Waals surface area contributed by atoms with E-state index in [1.807, 2.05) is 6.26 Å². The minimum atomic E-state index is -0.796. The summed E-state index contributed by atoms with van der Waals surface area (Å²) in [6.07, 6.45) is 5.03. The van der Waals surface area contributed by atoms with Crippen LogP contribution in [0.3, 0.4) is 0 Å². The van der Waals surface area contributed by atoms with Crippen molar-refractivity contribution >= 4 is 35.2 Å². The van der Waals surface area contributed by atoms with Gasteiger partial charge in [0, 0.05) is 31.5 Å². The summed E-state index contributed by atoms with van der Waals surface area (Å²) in [7, 11) is 0. The molecule has 1 aliphatic heterocycles. The molecule has 0 saturated carbocycles. The van der Waals surface area contributed by atoms with Crippen molar-refractivity contribution < 1.29 is 18.8 Å². The number of piperidine rings is 1. The monoisotopic (exact) mass is 430 g/mol. The van der Waals surface area contributed by atoms with Gasteiger partial charge < -0.3 is 15.5 Å². The van der Waals surface area contributed by atoms with Crippen molar-refractivity contribution in [1.29, 1.82) is 0 Å². The highest BCUT2D eigenvalue weighted by atomic mass is 32.2. The molecule has 0 unspecified atom stereocenters. The van der Waals surface area contributed by atoms with Gasteiger partial charge in [0.05, 0.1) is 5.56 Å². The van der Waals surface area contributed by atoms with E-state index in [-0.39, 0.29) is 11.8 Å². The molecule has 1 fully saturated rings. The molecule has 2 heterocycles. The zero-order valence-corrected chi connectivity index (χ0v) is 17.4. The van der Waals surface area contributed by atoms with Gasteiger partial charge in [-0.2, -0.15) is 0 Å². The van der Waals surface area contributed by atoms with Crippen LogP contribution in [0.1, 0.15) is 23.2 Å². The van der Waals surface area contributed by atoms with Crippen molar-refractivity contribution in [3.63, 3.8) is 0 Å². The molecule has 0 aliphatic carbocycles. The first kappa shape index (κ1) is 21.8. The predicted octanol–water partition coefficient (Wildman–Crippen LogP) is 2.55. The van der Waals surface area contributed by atoms with Crippen LogP contribution in [-0.2, 0) is 9.59 Å². The molecular formula is C21H23FN4O3S. The Kier molecular flexibility index (Phi) is 7.40. The molecule has 2 aromatic rings. The summed E-state index contributed by atoms with van der Waals surface area (Å²) in [5.41, 5.74) is 0.956. The predicted molar refractivity (Wildman–Crippen MR) is 113 cm³/mol. The maximum Gasteiger partial charge on any atom is 0.313 e. The van der Waals surface area contributed by atoms with Gasteiger partial charge in [-0.1, -0.05) is 0 Å². The Morgan fingerprint density at radius 1 is 1.13 bits per heavy atom. The third kappa shape index (κ3) is 5.56. The number of pyridine rings is 1. The van der Waals surface area contributed by atoms with Gasteiger partial charge in [-0.05, 0) is 61.4 Å². The number of benzene rings is 1. The Morgan fingerprint density at radius 2 is 1.83 bits per heavy atom. The van der Waals surface area contributed by atoms with Gasteiger partial charge in [0.1, 0.15) is 10.8 Å². The number of hydrogen-bond acceptors (Lipinski definition) is 5. The van der Waals surface area contributed by atoms with Gasteiger partial charge in [-0.25, -0.2) is 9.37 Å². The van der Waals surface area contributed by atoms with E-state index in [2.05, 4.69) is 15.6 Å². The lowest BCUT2D eigenvalue weighted by Crippen LogP contribution is -2.43. The summed E-state index contributed by atoms with van der Waals surface area (Å²) in [4.78, 5) is 42.8. The van der Waals surface area contributed by atoms with Crippen LogP contribution in [0.2, 0.25) is 0 Å². The van der Waals surface area contributed by atoms with Crippen molar-refractivity contribution in [2.75, 3.05) is 31.2 Å². The summed E-state index contributed by atoms with van der Waals surface area (Å²) in [6.45, 7) is 1.54. The lowest BCUT2D eigenvalue weighted by molar-refractivity contribution is -0.136. The molecule has 0 spiro atoms. The maximum atomic E-state index is 12.9. The number of aromatic nitrogens is 1. The lowest BCUT2D eigenvalue weighted by Gasteiger charge is -2.32. The second-order valence-corrected chi connectivity index (χ2v) is 7.76. The normalized spacial score (nSPS) is 14.3. The van der Waals surface area contributed by atoms with Crippen LogP contribution < -0.4 is 10.6 Å². The number of anilines is 1. The number of thioether (sulfide) groups is 1. The molecule has 30 heavy (non-hydrogen) atoms. The summed E-state index contributed by atoms with van der Waals surface area (Å²) < 4.78 is 12.9. The second kappa shape index (κ2) is 10.2. The smallest absolute Gasteiger partial charge is 0.313 e. The van der Waals surface area contributed by atoms with Crippen LogP contribution in [0, 0.1) is 11.7 Å². The number of carbonyl (C=O) groups is 3. The number of nitrogens with one attached hydrogen (secondary N) is 2. The van der Waals surface area contributed by atoms with Crippen molar-refractivity contribution in [2.24, 2.45) is 5.92 Å². The zero-order valence-electron chi connectivity index (χ0n) is 16.6. The second-order valence-electron chi connectivity index (χ2n) is 6.97. The van der Waals surface area contributed by atoms with E-state index in [0.717, 1.165) is 12.8 Å². The standard InChI is InChI=1S/C21H23FN4O3S/c1-30-20-17(3-2-10-23-20)21(29)26-11-8-14(9-12-26)13-24-18(27)19(28)25-16-6-4-15(22)5-7-16/h2-7,10,14H,8-9,11-13H2,1H3,(H,24,27)(H,25,28). The summed E-state index contributed by atoms with van der Waals surface area (Å²) >= 11 is 1.44. The Bertz CT molecular complexity index is 915. The minimum absolute atomic E-state index is 0.0337. The SMILES string of the molecule is CSc1ncccc1C(=O)N1CCC(CNC(=O)C(=O)Nc2ccc(F)cc2)CC1. The molecule has 158 valence electrons. The minimum Gasteiger partial charge on any atom is -0.348 e. The van der Waals surface area contributed by atoms with E-state index in [1.165, 1.54) is 36.0 Å². The molecule has 3 amide bonds. The van der Waals surface area contributed by atoms with Gasteiger partial charge >= 0.3 is 11.8 Å². The first-order valence-electron chi connectivity index (χ1n) is 9.61. The number of rotatable bonds is 5. The average molecular weight is 431 g/mol. The molecule has 9 heteroatoms. The molecule has 1 aromatic carbocycles. The third-order valence-electron chi connectivity index (χ3n) is 4.96. The Balaban J connectivity index is 1.44. The Labute approximate surface area is 178 Å². The van der Waals surface area contributed by atoms with Gasteiger partial charge in [-0.3, -0.25) is 14.4 Å². The number of hydrogen-bond donors (Lipinski definition) is 2. The number of halogens is 1. The number of likely N-dealkylation sites (tertiary alicyclic amines) is 1. The summed E-state index contributed by atoms with van der Waals surface area (Å²) in [6, 6.07) is 8.72. The molecule has 0 radical (unpaired) electrons. The van der Waals surface area contributed by atoms with Crippen molar-refractivity contribution in [1.82, 2.24) is 15.2 Å². The first-order chi connectivity index (χ1) is 14.5. The summed E-state index contributed by atoms with van der Waals surface area (Å²) in [5, 5.41) is 5.78. The molecule has 3 rings (SSSR count). The maximum absolute atomic E-state index is 12.9. The fourth-order valence-electron chi connectivity index (χ4n) is 3.27. The molecule has 0 atom stereocenters. The number of amides is 3. The molecule has 2 N–H and O–H groups in total. The molecule has 7 nitrogen and oxygen atoms in total. The first-order valence-corrected chi connectivity index (χ1v) is 10.8. The van der Waals surface area contributed by atoms with Crippen LogP contribution in [0.4, 0.5) is 10.1 Å². The third-order valence-corrected chi connectivity index (χ3v) is 5.67. The van der Waals surface area contributed by atoms with Gasteiger partial charge in [0.15, 0.2) is 0 Å². The van der Waals surface area contributed by atoms with Gasteiger partial charge in [-0.15, -0.1) is 11.8 Å². The number of nitrogens with zero attached hydrogens (tertiary/aromatic N) is 2. The van der Waals surface area contributed by atoms with E-state index in [4.69, 9.17) is 0 Å². The highest BCUT2D eigenvalue weighted by Crippen LogP contribution is 2.22. The van der Waals surface area contributed by atoms with Crippen molar-refractivity contribution in [3.05, 3.63) is 54.0 Å². The van der Waals surface area contributed by atoms with Crippen LogP contribution >= 0.6 is 11.8 Å². The van der Waals surface area contributed by atoms with Gasteiger partial charge in [0.2, 0.25) is 0 Å². The molecule has 1 aromatic heterocycles.